The molecule has 0 fully saturated rings. The second-order valence-corrected chi connectivity index (χ2v) is 3.18. The molecule has 0 saturated carbocycles. The summed E-state index contributed by atoms with van der Waals surface area (Å²) < 4.78 is 0. The molecule has 5 nitrogen and oxygen atoms in total. The van der Waals surface area contributed by atoms with Crippen LogP contribution in [0.15, 0.2) is 18.2 Å². The molecule has 0 unspecified atom stereocenters. The van der Waals surface area contributed by atoms with Gasteiger partial charge in [0.1, 0.15) is 18.0 Å². The Labute approximate surface area is 93.2 Å². The van der Waals surface area contributed by atoms with E-state index in [0.717, 1.165) is 0 Å². The van der Waals surface area contributed by atoms with E-state index in [4.69, 9.17) is 5.26 Å². The molecule has 1 aromatic carbocycles. The minimum atomic E-state index is -0.475. The Hall–Kier alpha value is -2.22. The van der Waals surface area contributed by atoms with Gasteiger partial charge in [-0.25, -0.2) is 0 Å². The molecular formula is C11H12N2O3. The van der Waals surface area contributed by atoms with Gasteiger partial charge in [0.15, 0.2) is 0 Å². The highest BCUT2D eigenvalue weighted by Crippen LogP contribution is 2.23. The summed E-state index contributed by atoms with van der Waals surface area (Å²) in [5, 5.41) is 27.2. The molecule has 0 saturated heterocycles. The zero-order chi connectivity index (χ0) is 12.1. The molecule has 0 spiro atoms. The van der Waals surface area contributed by atoms with Gasteiger partial charge in [0.2, 0.25) is 0 Å². The van der Waals surface area contributed by atoms with Gasteiger partial charge < -0.3 is 15.1 Å². The number of aromatic hydroxyl groups is 2. The van der Waals surface area contributed by atoms with E-state index in [0.29, 0.717) is 6.54 Å². The number of nitrogens with zero attached hydrogens (tertiary/aromatic N) is 2. The van der Waals surface area contributed by atoms with Gasteiger partial charge in [-0.15, -0.1) is 0 Å². The van der Waals surface area contributed by atoms with Crippen LogP contribution in [-0.2, 0) is 0 Å². The molecule has 0 bridgehead atoms. The topological polar surface area (TPSA) is 84.6 Å². The molecule has 2 N–H and O–H groups in total. The van der Waals surface area contributed by atoms with Crippen LogP contribution in [0.25, 0.3) is 0 Å². The van der Waals surface area contributed by atoms with Crippen molar-refractivity contribution in [2.75, 3.05) is 13.1 Å². The number of carbonyl (C=O) groups excluding carboxylic acids is 1. The Morgan fingerprint density at radius 2 is 2.19 bits per heavy atom. The predicted octanol–water partition coefficient (Wildman–Crippen LogP) is 1.08. The largest absolute Gasteiger partial charge is 0.508 e. The van der Waals surface area contributed by atoms with Crippen molar-refractivity contribution in [2.24, 2.45) is 0 Å². The van der Waals surface area contributed by atoms with Crippen LogP contribution in [0.2, 0.25) is 0 Å². The van der Waals surface area contributed by atoms with Gasteiger partial charge in [0.05, 0.1) is 11.6 Å². The Kier molecular flexibility index (Phi) is 3.72. The third-order valence-electron chi connectivity index (χ3n) is 2.14. The van der Waals surface area contributed by atoms with E-state index in [1.807, 2.05) is 6.07 Å². The van der Waals surface area contributed by atoms with Gasteiger partial charge in [0, 0.05) is 6.54 Å². The molecule has 16 heavy (non-hydrogen) atoms. The lowest BCUT2D eigenvalue weighted by molar-refractivity contribution is 0.0780. The summed E-state index contributed by atoms with van der Waals surface area (Å²) in [4.78, 5) is 13.1. The fraction of sp³-hybridized carbons (Fsp3) is 0.273. The van der Waals surface area contributed by atoms with Crippen molar-refractivity contribution in [1.29, 1.82) is 5.26 Å². The second kappa shape index (κ2) is 5.03. The molecule has 1 amide bonds. The summed E-state index contributed by atoms with van der Waals surface area (Å²) in [7, 11) is 0. The number of hydrogen-bond donors (Lipinski definition) is 2. The van der Waals surface area contributed by atoms with E-state index in [1.165, 1.54) is 23.1 Å². The number of amides is 1. The maximum absolute atomic E-state index is 11.8. The molecule has 0 aromatic heterocycles. The van der Waals surface area contributed by atoms with Crippen LogP contribution in [-0.4, -0.2) is 34.1 Å². The number of phenols is 2. The standard InChI is InChI=1S/C11H12N2O3/c1-2-13(6-5-12)11(16)9-7-8(14)3-4-10(9)15/h3-4,7,14-15H,2,6H2,1H3. The van der Waals surface area contributed by atoms with Gasteiger partial charge in [0.25, 0.3) is 5.91 Å². The molecule has 0 heterocycles. The van der Waals surface area contributed by atoms with Crippen LogP contribution >= 0.6 is 0 Å². The maximum atomic E-state index is 11.8. The monoisotopic (exact) mass is 220 g/mol. The van der Waals surface area contributed by atoms with E-state index in [2.05, 4.69) is 0 Å². The van der Waals surface area contributed by atoms with E-state index in [-0.39, 0.29) is 23.6 Å². The molecule has 0 aliphatic carbocycles. The summed E-state index contributed by atoms with van der Waals surface area (Å²) in [6.07, 6.45) is 0. The van der Waals surface area contributed by atoms with E-state index < -0.39 is 5.91 Å². The normalized spacial score (nSPS) is 9.50. The van der Waals surface area contributed by atoms with Crippen molar-refractivity contribution in [2.45, 2.75) is 6.92 Å². The van der Waals surface area contributed by atoms with Crippen molar-refractivity contribution >= 4 is 5.91 Å². The SMILES string of the molecule is CCN(CC#N)C(=O)c1cc(O)ccc1O. The predicted molar refractivity (Wildman–Crippen MR) is 57.0 cm³/mol. The molecule has 0 aliphatic rings. The van der Waals surface area contributed by atoms with Crippen molar-refractivity contribution in [3.05, 3.63) is 23.8 Å². The number of nitriles is 1. The molecule has 5 heteroatoms. The van der Waals surface area contributed by atoms with Crippen LogP contribution in [0.4, 0.5) is 0 Å². The number of hydrogen-bond acceptors (Lipinski definition) is 4. The number of rotatable bonds is 3. The highest BCUT2D eigenvalue weighted by molar-refractivity contribution is 5.97. The highest BCUT2D eigenvalue weighted by atomic mass is 16.3. The lowest BCUT2D eigenvalue weighted by Crippen LogP contribution is -2.31. The molecule has 0 aliphatic heterocycles. The third-order valence-corrected chi connectivity index (χ3v) is 2.14. The highest BCUT2D eigenvalue weighted by Gasteiger charge is 2.17. The summed E-state index contributed by atoms with van der Waals surface area (Å²) in [5.74, 6) is -0.786. The molecule has 0 radical (unpaired) electrons. The summed E-state index contributed by atoms with van der Waals surface area (Å²) in [6, 6.07) is 5.57. The van der Waals surface area contributed by atoms with Crippen molar-refractivity contribution < 1.29 is 15.0 Å². The first-order chi connectivity index (χ1) is 7.60. The average molecular weight is 220 g/mol. The number of phenolic OH excluding ortho intramolecular Hbond substituents is 2. The average Bonchev–Trinajstić information content (AvgIpc) is 2.28. The van der Waals surface area contributed by atoms with Crippen LogP contribution < -0.4 is 0 Å². The lowest BCUT2D eigenvalue weighted by Gasteiger charge is -2.17. The smallest absolute Gasteiger partial charge is 0.258 e. The van der Waals surface area contributed by atoms with Gasteiger partial charge in [-0.2, -0.15) is 5.26 Å². The Morgan fingerprint density at radius 1 is 1.50 bits per heavy atom. The van der Waals surface area contributed by atoms with E-state index in [9.17, 15) is 15.0 Å². The minimum Gasteiger partial charge on any atom is -0.508 e. The quantitative estimate of drug-likeness (QED) is 0.589. The minimum absolute atomic E-state index is 0.00269. The first kappa shape index (κ1) is 11.9. The first-order valence-corrected chi connectivity index (χ1v) is 4.78. The fourth-order valence-electron chi connectivity index (χ4n) is 1.28. The zero-order valence-corrected chi connectivity index (χ0v) is 8.84. The Bertz CT molecular complexity index is 437. The van der Waals surface area contributed by atoms with Gasteiger partial charge in [-0.05, 0) is 25.1 Å². The molecule has 1 aromatic rings. The second-order valence-electron chi connectivity index (χ2n) is 3.18. The zero-order valence-electron chi connectivity index (χ0n) is 8.84. The molecule has 84 valence electrons. The number of carbonyl (C=O) groups is 1. The first-order valence-electron chi connectivity index (χ1n) is 4.78. The van der Waals surface area contributed by atoms with Crippen molar-refractivity contribution in [3.63, 3.8) is 0 Å². The molecule has 1 rings (SSSR count). The number of benzene rings is 1. The molecule has 0 atom stereocenters. The summed E-state index contributed by atoms with van der Waals surface area (Å²) in [6.45, 7) is 2.04. The van der Waals surface area contributed by atoms with Gasteiger partial charge in [-0.3, -0.25) is 4.79 Å². The fourth-order valence-corrected chi connectivity index (χ4v) is 1.28. The lowest BCUT2D eigenvalue weighted by atomic mass is 10.1. The summed E-state index contributed by atoms with van der Waals surface area (Å²) >= 11 is 0. The van der Waals surface area contributed by atoms with E-state index in [1.54, 1.807) is 6.92 Å². The van der Waals surface area contributed by atoms with E-state index >= 15 is 0 Å². The van der Waals surface area contributed by atoms with Crippen molar-refractivity contribution in [1.82, 2.24) is 4.90 Å². The van der Waals surface area contributed by atoms with Gasteiger partial charge >= 0.3 is 0 Å². The van der Waals surface area contributed by atoms with Crippen molar-refractivity contribution in [3.8, 4) is 17.6 Å². The van der Waals surface area contributed by atoms with Crippen LogP contribution in [0.3, 0.4) is 0 Å². The maximum Gasteiger partial charge on any atom is 0.258 e. The van der Waals surface area contributed by atoms with Crippen LogP contribution in [0.5, 0.6) is 11.5 Å². The Morgan fingerprint density at radius 3 is 2.75 bits per heavy atom. The van der Waals surface area contributed by atoms with Crippen LogP contribution in [0.1, 0.15) is 17.3 Å². The molecular weight excluding hydrogens is 208 g/mol. The Balaban J connectivity index is 3.03. The van der Waals surface area contributed by atoms with Crippen LogP contribution in [0, 0.1) is 11.3 Å². The third kappa shape index (κ3) is 2.42. The van der Waals surface area contributed by atoms with Gasteiger partial charge in [-0.1, -0.05) is 0 Å². The summed E-state index contributed by atoms with van der Waals surface area (Å²) in [5.41, 5.74) is -0.00269.